The Labute approximate surface area is 142 Å². The Balaban J connectivity index is 1.53. The van der Waals surface area contributed by atoms with Gasteiger partial charge in [-0.3, -0.25) is 4.79 Å². The minimum atomic E-state index is 0.0260. The van der Waals surface area contributed by atoms with Crippen molar-refractivity contribution in [1.82, 2.24) is 10.5 Å². The van der Waals surface area contributed by atoms with Crippen LogP contribution in [0, 0.1) is 0 Å². The highest BCUT2D eigenvalue weighted by Crippen LogP contribution is 2.23. The number of aromatic nitrogens is 1. The maximum Gasteiger partial charge on any atom is 0.203 e. The molecule has 0 aliphatic carbocycles. The molecule has 1 N–H and O–H groups in total. The van der Waals surface area contributed by atoms with Gasteiger partial charge in [-0.15, -0.1) is 0 Å². The van der Waals surface area contributed by atoms with Crippen molar-refractivity contribution in [2.45, 2.75) is 44.6 Å². The van der Waals surface area contributed by atoms with E-state index in [1.807, 2.05) is 24.3 Å². The zero-order valence-corrected chi connectivity index (χ0v) is 14.1. The smallest absolute Gasteiger partial charge is 0.203 e. The Morgan fingerprint density at radius 3 is 2.88 bits per heavy atom. The molecular formula is C19H24N2O3. The highest BCUT2D eigenvalue weighted by Gasteiger charge is 2.16. The van der Waals surface area contributed by atoms with E-state index in [1.54, 1.807) is 13.2 Å². The van der Waals surface area contributed by atoms with Crippen LogP contribution in [0.2, 0.25) is 0 Å². The first-order valence-electron chi connectivity index (χ1n) is 8.64. The third-order valence-corrected chi connectivity index (χ3v) is 4.54. The average molecular weight is 328 g/mol. The van der Waals surface area contributed by atoms with E-state index in [1.165, 1.54) is 19.3 Å². The number of piperidine rings is 1. The molecule has 1 atom stereocenters. The number of nitrogens with one attached hydrogen (secondary N) is 1. The molecule has 0 bridgehead atoms. The molecule has 5 heteroatoms. The topological polar surface area (TPSA) is 64.4 Å². The number of hydrogen-bond acceptors (Lipinski definition) is 5. The molecule has 1 unspecified atom stereocenters. The number of hydrogen-bond donors (Lipinski definition) is 1. The van der Waals surface area contributed by atoms with Crippen LogP contribution in [0.4, 0.5) is 0 Å². The zero-order valence-electron chi connectivity index (χ0n) is 14.1. The van der Waals surface area contributed by atoms with Crippen molar-refractivity contribution in [2.24, 2.45) is 0 Å². The maximum absolute atomic E-state index is 12.3. The van der Waals surface area contributed by atoms with E-state index in [0.29, 0.717) is 23.9 Å². The van der Waals surface area contributed by atoms with Gasteiger partial charge in [0.2, 0.25) is 11.5 Å². The molecule has 0 spiro atoms. The molecule has 5 nitrogen and oxygen atoms in total. The molecule has 0 radical (unpaired) electrons. The van der Waals surface area contributed by atoms with Gasteiger partial charge in [0.1, 0.15) is 11.4 Å². The summed E-state index contributed by atoms with van der Waals surface area (Å²) in [4.78, 5) is 12.3. The molecule has 128 valence electrons. The molecule has 1 aliphatic heterocycles. The van der Waals surface area contributed by atoms with E-state index >= 15 is 0 Å². The van der Waals surface area contributed by atoms with Crippen LogP contribution in [0.3, 0.4) is 0 Å². The van der Waals surface area contributed by atoms with Gasteiger partial charge in [0.05, 0.1) is 7.11 Å². The Morgan fingerprint density at radius 1 is 1.33 bits per heavy atom. The van der Waals surface area contributed by atoms with E-state index in [9.17, 15) is 4.79 Å². The second-order valence-corrected chi connectivity index (χ2v) is 6.27. The fraction of sp³-hybridized carbons (Fsp3) is 0.474. The SMILES string of the molecule is COc1ccc(-c2cc(C(=O)CCCC3CCCCN3)on2)cc1. The summed E-state index contributed by atoms with van der Waals surface area (Å²) in [6.07, 6.45) is 6.22. The van der Waals surface area contributed by atoms with E-state index in [-0.39, 0.29) is 5.78 Å². The van der Waals surface area contributed by atoms with Crippen molar-refractivity contribution in [2.75, 3.05) is 13.7 Å². The summed E-state index contributed by atoms with van der Waals surface area (Å²) in [6, 6.07) is 9.82. The summed E-state index contributed by atoms with van der Waals surface area (Å²) < 4.78 is 10.4. The van der Waals surface area contributed by atoms with Gasteiger partial charge in [0, 0.05) is 24.1 Å². The van der Waals surface area contributed by atoms with Crippen LogP contribution in [0.25, 0.3) is 11.3 Å². The summed E-state index contributed by atoms with van der Waals surface area (Å²) in [7, 11) is 1.63. The second kappa shape index (κ2) is 8.11. The molecule has 2 heterocycles. The quantitative estimate of drug-likeness (QED) is 0.782. The summed E-state index contributed by atoms with van der Waals surface area (Å²) in [5.74, 6) is 1.16. The molecule has 0 saturated carbocycles. The molecule has 1 aromatic carbocycles. The number of Topliss-reactive ketones (excluding diaryl/α,β-unsaturated/α-hetero) is 1. The monoisotopic (exact) mass is 328 g/mol. The van der Waals surface area contributed by atoms with Crippen LogP contribution >= 0.6 is 0 Å². The number of methoxy groups -OCH3 is 1. The lowest BCUT2D eigenvalue weighted by Crippen LogP contribution is -2.33. The largest absolute Gasteiger partial charge is 0.497 e. The Morgan fingerprint density at radius 2 is 2.17 bits per heavy atom. The minimum Gasteiger partial charge on any atom is -0.497 e. The Kier molecular flexibility index (Phi) is 5.64. The van der Waals surface area contributed by atoms with Crippen molar-refractivity contribution >= 4 is 5.78 Å². The molecule has 3 rings (SSSR count). The number of rotatable bonds is 7. The fourth-order valence-electron chi connectivity index (χ4n) is 3.11. The van der Waals surface area contributed by atoms with Crippen molar-refractivity contribution in [1.29, 1.82) is 0 Å². The third kappa shape index (κ3) is 4.23. The zero-order chi connectivity index (χ0) is 16.8. The molecule has 0 amide bonds. The number of carbonyl (C=O) groups excluding carboxylic acids is 1. The van der Waals surface area contributed by atoms with Crippen molar-refractivity contribution in [3.8, 4) is 17.0 Å². The van der Waals surface area contributed by atoms with E-state index in [2.05, 4.69) is 10.5 Å². The van der Waals surface area contributed by atoms with Crippen LogP contribution in [0.15, 0.2) is 34.9 Å². The van der Waals surface area contributed by atoms with Gasteiger partial charge in [-0.25, -0.2) is 0 Å². The number of ether oxygens (including phenoxy) is 1. The van der Waals surface area contributed by atoms with Crippen LogP contribution < -0.4 is 10.1 Å². The summed E-state index contributed by atoms with van der Waals surface area (Å²) in [5, 5.41) is 7.52. The first kappa shape index (κ1) is 16.7. The van der Waals surface area contributed by atoms with Gasteiger partial charge in [0.25, 0.3) is 0 Å². The lowest BCUT2D eigenvalue weighted by Gasteiger charge is -2.23. The normalized spacial score (nSPS) is 17.6. The van der Waals surface area contributed by atoms with Gasteiger partial charge in [-0.1, -0.05) is 11.6 Å². The minimum absolute atomic E-state index is 0.0260. The Hall–Kier alpha value is -2.14. The van der Waals surface area contributed by atoms with Crippen molar-refractivity contribution < 1.29 is 14.1 Å². The Bertz CT molecular complexity index is 658. The van der Waals surface area contributed by atoms with Crippen LogP contribution in [-0.4, -0.2) is 30.6 Å². The predicted molar refractivity (Wildman–Crippen MR) is 92.3 cm³/mol. The summed E-state index contributed by atoms with van der Waals surface area (Å²) in [5.41, 5.74) is 1.58. The first-order chi connectivity index (χ1) is 11.8. The van der Waals surface area contributed by atoms with Gasteiger partial charge < -0.3 is 14.6 Å². The fourth-order valence-corrected chi connectivity index (χ4v) is 3.11. The lowest BCUT2D eigenvalue weighted by atomic mass is 9.98. The van der Waals surface area contributed by atoms with Gasteiger partial charge in [0.15, 0.2) is 0 Å². The van der Waals surface area contributed by atoms with Gasteiger partial charge in [-0.05, 0) is 56.5 Å². The highest BCUT2D eigenvalue weighted by atomic mass is 16.5. The number of carbonyl (C=O) groups is 1. The van der Waals surface area contributed by atoms with Crippen molar-refractivity contribution in [3.63, 3.8) is 0 Å². The molecule has 1 fully saturated rings. The highest BCUT2D eigenvalue weighted by molar-refractivity contribution is 5.94. The maximum atomic E-state index is 12.3. The van der Waals surface area contributed by atoms with E-state index in [0.717, 1.165) is 30.7 Å². The average Bonchev–Trinajstić information content (AvgIpc) is 3.13. The number of benzene rings is 1. The van der Waals surface area contributed by atoms with Crippen LogP contribution in [-0.2, 0) is 0 Å². The predicted octanol–water partition coefficient (Wildman–Crippen LogP) is 3.85. The molecular weight excluding hydrogens is 304 g/mol. The number of ketones is 1. The van der Waals surface area contributed by atoms with Crippen LogP contribution in [0.5, 0.6) is 5.75 Å². The molecule has 1 saturated heterocycles. The second-order valence-electron chi connectivity index (χ2n) is 6.27. The van der Waals surface area contributed by atoms with Gasteiger partial charge in [-0.2, -0.15) is 0 Å². The molecule has 1 aromatic heterocycles. The lowest BCUT2D eigenvalue weighted by molar-refractivity contribution is 0.0942. The third-order valence-electron chi connectivity index (χ3n) is 4.54. The van der Waals surface area contributed by atoms with Gasteiger partial charge >= 0.3 is 0 Å². The van der Waals surface area contributed by atoms with E-state index < -0.39 is 0 Å². The van der Waals surface area contributed by atoms with E-state index in [4.69, 9.17) is 9.26 Å². The molecule has 2 aromatic rings. The number of nitrogens with zero attached hydrogens (tertiary/aromatic N) is 1. The molecule has 1 aliphatic rings. The van der Waals surface area contributed by atoms with Crippen LogP contribution in [0.1, 0.15) is 49.1 Å². The molecule has 24 heavy (non-hydrogen) atoms. The standard InChI is InChI=1S/C19H24N2O3/c1-23-16-10-8-14(9-11-16)17-13-19(24-21-17)18(22)7-4-6-15-5-2-3-12-20-15/h8-11,13,15,20H,2-7,12H2,1H3. The summed E-state index contributed by atoms with van der Waals surface area (Å²) >= 11 is 0. The van der Waals surface area contributed by atoms with Crippen molar-refractivity contribution in [3.05, 3.63) is 36.1 Å². The first-order valence-corrected chi connectivity index (χ1v) is 8.64. The summed E-state index contributed by atoms with van der Waals surface area (Å²) in [6.45, 7) is 1.10.